The summed E-state index contributed by atoms with van der Waals surface area (Å²) in [6, 6.07) is -0.623. The van der Waals surface area contributed by atoms with Gasteiger partial charge in [0, 0.05) is 12.8 Å². The maximum atomic E-state index is 12.4. The van der Waals surface area contributed by atoms with Gasteiger partial charge in [-0.2, -0.15) is 0 Å². The van der Waals surface area contributed by atoms with Gasteiger partial charge in [-0.3, -0.25) is 9.59 Å². The first-order chi connectivity index (χ1) is 37.0. The molecule has 0 aromatic heterocycles. The first kappa shape index (κ1) is 73.1. The molecule has 2 atom stereocenters. The number of amides is 1. The molecule has 0 saturated carbocycles. The first-order valence-corrected chi connectivity index (χ1v) is 33.8. The summed E-state index contributed by atoms with van der Waals surface area (Å²) in [4.78, 5) is 24.5. The molecule has 0 radical (unpaired) electrons. The molecule has 0 saturated heterocycles. The van der Waals surface area contributed by atoms with Crippen molar-refractivity contribution < 1.29 is 24.5 Å². The normalized spacial score (nSPS) is 12.7. The smallest absolute Gasteiger partial charge is 0.305 e. The van der Waals surface area contributed by atoms with E-state index in [-0.39, 0.29) is 18.5 Å². The van der Waals surface area contributed by atoms with E-state index < -0.39 is 12.1 Å². The summed E-state index contributed by atoms with van der Waals surface area (Å²) in [6.07, 6.45) is 82.2. The highest BCUT2D eigenvalue weighted by Gasteiger charge is 2.18. The number of hydrogen-bond acceptors (Lipinski definition) is 5. The molecule has 0 spiro atoms. The summed E-state index contributed by atoms with van der Waals surface area (Å²) in [7, 11) is 0. The maximum absolute atomic E-state index is 12.4. The molecular weight excluding hydrogens is 923 g/mol. The van der Waals surface area contributed by atoms with Gasteiger partial charge >= 0.3 is 5.97 Å². The number of nitrogens with one attached hydrogen (secondary N) is 1. The Hall–Kier alpha value is -1.92. The molecule has 0 aliphatic carbocycles. The second-order valence-corrected chi connectivity index (χ2v) is 23.2. The lowest BCUT2D eigenvalue weighted by Crippen LogP contribution is -2.45. The monoisotopic (exact) mass is 1050 g/mol. The average Bonchev–Trinajstić information content (AvgIpc) is 3.41. The lowest BCUT2D eigenvalue weighted by Gasteiger charge is -2.20. The Morgan fingerprint density at radius 3 is 1.03 bits per heavy atom. The van der Waals surface area contributed by atoms with Crippen molar-refractivity contribution in [3.63, 3.8) is 0 Å². The Labute approximate surface area is 468 Å². The minimum atomic E-state index is -0.840. The fourth-order valence-corrected chi connectivity index (χ4v) is 10.5. The highest BCUT2D eigenvalue weighted by atomic mass is 16.5. The van der Waals surface area contributed by atoms with E-state index in [9.17, 15) is 19.8 Å². The highest BCUT2D eigenvalue weighted by Crippen LogP contribution is 2.18. The van der Waals surface area contributed by atoms with E-state index in [4.69, 9.17) is 4.74 Å². The molecule has 0 fully saturated rings. The predicted molar refractivity (Wildman–Crippen MR) is 329 cm³/mol. The Morgan fingerprint density at radius 2 is 0.667 bits per heavy atom. The summed E-state index contributed by atoms with van der Waals surface area (Å²) >= 11 is 0. The SMILES string of the molecule is CCCCCC/C=C\C/C=C\CCCCCCCC(=O)OCCCCCCCCCCCCCCCCCCCCCCCCCCCCCCCCCC(=O)NC(CO)C(O)/C=C/CCCCCCCCCCC. The van der Waals surface area contributed by atoms with Gasteiger partial charge in [0.1, 0.15) is 0 Å². The number of carbonyl (C=O) groups excluding carboxylic acids is 2. The van der Waals surface area contributed by atoms with Crippen LogP contribution in [0.25, 0.3) is 0 Å². The average molecular weight is 1050 g/mol. The van der Waals surface area contributed by atoms with Crippen LogP contribution in [0.5, 0.6) is 0 Å². The van der Waals surface area contributed by atoms with Crippen LogP contribution in [0.15, 0.2) is 36.5 Å². The summed E-state index contributed by atoms with van der Waals surface area (Å²) in [5.74, 6) is -0.0570. The summed E-state index contributed by atoms with van der Waals surface area (Å²) < 4.78 is 5.49. The molecule has 0 bridgehead atoms. The number of carbonyl (C=O) groups is 2. The molecule has 0 rings (SSSR count). The molecular formula is C69H131NO5. The lowest BCUT2D eigenvalue weighted by atomic mass is 10.0. The zero-order valence-corrected chi connectivity index (χ0v) is 50.5. The van der Waals surface area contributed by atoms with Gasteiger partial charge in [-0.15, -0.1) is 0 Å². The quantitative estimate of drug-likeness (QED) is 0.0320. The molecule has 0 aromatic carbocycles. The fraction of sp³-hybridized carbons (Fsp3) is 0.884. The van der Waals surface area contributed by atoms with Crippen LogP contribution >= 0.6 is 0 Å². The van der Waals surface area contributed by atoms with E-state index in [0.717, 1.165) is 51.4 Å². The maximum Gasteiger partial charge on any atom is 0.305 e. The third kappa shape index (κ3) is 61.2. The van der Waals surface area contributed by atoms with Crippen LogP contribution in [0.3, 0.4) is 0 Å². The molecule has 0 heterocycles. The Morgan fingerprint density at radius 1 is 0.373 bits per heavy atom. The van der Waals surface area contributed by atoms with Crippen LogP contribution in [0.1, 0.15) is 367 Å². The molecule has 0 aliphatic rings. The zero-order valence-electron chi connectivity index (χ0n) is 50.5. The molecule has 0 aliphatic heterocycles. The summed E-state index contributed by atoms with van der Waals surface area (Å²) in [5.41, 5.74) is 0. The molecule has 75 heavy (non-hydrogen) atoms. The van der Waals surface area contributed by atoms with Crippen LogP contribution in [-0.2, 0) is 14.3 Å². The van der Waals surface area contributed by atoms with Crippen LogP contribution in [0, 0.1) is 0 Å². The van der Waals surface area contributed by atoms with Crippen molar-refractivity contribution in [2.75, 3.05) is 13.2 Å². The van der Waals surface area contributed by atoms with Crippen LogP contribution in [-0.4, -0.2) is 47.4 Å². The number of hydrogen-bond donors (Lipinski definition) is 3. The Balaban J connectivity index is 3.32. The van der Waals surface area contributed by atoms with Crippen molar-refractivity contribution in [1.82, 2.24) is 5.32 Å². The van der Waals surface area contributed by atoms with Crippen LogP contribution in [0.4, 0.5) is 0 Å². The second-order valence-electron chi connectivity index (χ2n) is 23.2. The van der Waals surface area contributed by atoms with Crippen molar-refractivity contribution >= 4 is 11.9 Å². The van der Waals surface area contributed by atoms with Crippen LogP contribution in [0.2, 0.25) is 0 Å². The van der Waals surface area contributed by atoms with Gasteiger partial charge in [0.15, 0.2) is 0 Å². The van der Waals surface area contributed by atoms with E-state index in [1.807, 2.05) is 6.08 Å². The van der Waals surface area contributed by atoms with Gasteiger partial charge in [-0.1, -0.05) is 326 Å². The van der Waals surface area contributed by atoms with Crippen LogP contribution < -0.4 is 5.32 Å². The third-order valence-corrected chi connectivity index (χ3v) is 15.7. The molecule has 0 aromatic rings. The van der Waals surface area contributed by atoms with Crippen molar-refractivity contribution in [1.29, 1.82) is 0 Å². The Bertz CT molecular complexity index is 1210. The van der Waals surface area contributed by atoms with E-state index in [0.29, 0.717) is 19.4 Å². The van der Waals surface area contributed by atoms with Crippen molar-refractivity contribution in [2.45, 2.75) is 379 Å². The molecule has 6 heteroatoms. The predicted octanol–water partition coefficient (Wildman–Crippen LogP) is 21.5. The number of unbranched alkanes of at least 4 members (excludes halogenated alkanes) is 48. The molecule has 3 N–H and O–H groups in total. The number of aliphatic hydroxyl groups is 2. The largest absolute Gasteiger partial charge is 0.466 e. The number of allylic oxidation sites excluding steroid dienone is 5. The third-order valence-electron chi connectivity index (χ3n) is 15.7. The molecule has 442 valence electrons. The summed E-state index contributed by atoms with van der Waals surface area (Å²) in [5, 5.41) is 23.0. The van der Waals surface area contributed by atoms with E-state index in [1.54, 1.807) is 6.08 Å². The molecule has 6 nitrogen and oxygen atoms in total. The minimum Gasteiger partial charge on any atom is -0.466 e. The van der Waals surface area contributed by atoms with Gasteiger partial charge < -0.3 is 20.3 Å². The molecule has 1 amide bonds. The first-order valence-electron chi connectivity index (χ1n) is 33.8. The fourth-order valence-electron chi connectivity index (χ4n) is 10.5. The van der Waals surface area contributed by atoms with E-state index >= 15 is 0 Å². The summed E-state index contributed by atoms with van der Waals surface area (Å²) in [6.45, 7) is 4.89. The van der Waals surface area contributed by atoms with Crippen molar-refractivity contribution in [2.24, 2.45) is 0 Å². The number of aliphatic hydroxyl groups excluding tert-OH is 2. The number of rotatable bonds is 63. The standard InChI is InChI=1S/C69H131NO5/c1-3-5-7-9-11-13-15-16-17-36-39-43-47-51-55-59-63-69(74)75-64-60-56-52-48-44-40-37-34-32-30-28-26-24-22-20-18-19-21-23-25-27-29-31-33-35-38-42-46-50-54-58-62-68(73)70-66(65-71)67(72)61-57-53-49-45-41-14-12-10-8-6-4-2/h13,15,17,36,57,61,66-67,71-72H,3-12,14,16,18-35,37-56,58-60,62-65H2,1-2H3,(H,70,73)/b15-13-,36-17-,61-57+. The topological polar surface area (TPSA) is 95.9 Å². The highest BCUT2D eigenvalue weighted by molar-refractivity contribution is 5.76. The van der Waals surface area contributed by atoms with Crippen molar-refractivity contribution in [3.8, 4) is 0 Å². The van der Waals surface area contributed by atoms with Gasteiger partial charge in [0.05, 0.1) is 25.4 Å². The number of ether oxygens (including phenoxy) is 1. The van der Waals surface area contributed by atoms with Gasteiger partial charge in [-0.25, -0.2) is 0 Å². The van der Waals surface area contributed by atoms with Gasteiger partial charge in [-0.05, 0) is 64.2 Å². The van der Waals surface area contributed by atoms with E-state index in [2.05, 4.69) is 43.5 Å². The zero-order chi connectivity index (χ0) is 54.3. The number of esters is 1. The van der Waals surface area contributed by atoms with Gasteiger partial charge in [0.2, 0.25) is 5.91 Å². The van der Waals surface area contributed by atoms with E-state index in [1.165, 1.54) is 289 Å². The van der Waals surface area contributed by atoms with Crippen molar-refractivity contribution in [3.05, 3.63) is 36.5 Å². The Kier molecular flexibility index (Phi) is 63.0. The second kappa shape index (κ2) is 64.6. The molecule has 2 unspecified atom stereocenters. The van der Waals surface area contributed by atoms with Gasteiger partial charge in [0.25, 0.3) is 0 Å². The lowest BCUT2D eigenvalue weighted by molar-refractivity contribution is -0.143. The minimum absolute atomic E-state index is 0.00697.